The molecular formula is C18H26N2O2. The van der Waals surface area contributed by atoms with Crippen LogP contribution < -0.4 is 4.90 Å². The zero-order chi connectivity index (χ0) is 15.9. The lowest BCUT2D eigenvalue weighted by atomic mass is 10.0. The van der Waals surface area contributed by atoms with E-state index in [-0.39, 0.29) is 6.09 Å². The summed E-state index contributed by atoms with van der Waals surface area (Å²) in [6.45, 7) is 11.6. The lowest BCUT2D eigenvalue weighted by Gasteiger charge is -2.26. The van der Waals surface area contributed by atoms with Crippen molar-refractivity contribution >= 4 is 11.8 Å². The highest BCUT2D eigenvalue weighted by Gasteiger charge is 2.42. The topological polar surface area (TPSA) is 32.8 Å². The van der Waals surface area contributed by atoms with Gasteiger partial charge in [0.05, 0.1) is 0 Å². The Kier molecular flexibility index (Phi) is 3.79. The van der Waals surface area contributed by atoms with Gasteiger partial charge in [0.15, 0.2) is 0 Å². The summed E-state index contributed by atoms with van der Waals surface area (Å²) < 4.78 is 5.48. The summed E-state index contributed by atoms with van der Waals surface area (Å²) in [6.07, 6.45) is -0.163. The van der Waals surface area contributed by atoms with Crippen molar-refractivity contribution in [1.82, 2.24) is 4.90 Å². The second-order valence-corrected chi connectivity index (χ2v) is 7.65. The molecule has 1 aromatic rings. The molecule has 0 N–H and O–H groups in total. The summed E-state index contributed by atoms with van der Waals surface area (Å²) in [6, 6.07) is 8.72. The molecule has 0 spiro atoms. The summed E-state index contributed by atoms with van der Waals surface area (Å²) in [5, 5.41) is 0. The highest BCUT2D eigenvalue weighted by Crippen LogP contribution is 2.34. The molecule has 0 bridgehead atoms. The fourth-order valence-electron chi connectivity index (χ4n) is 3.44. The number of carbonyl (C=O) groups excluding carboxylic acids is 1. The van der Waals surface area contributed by atoms with Gasteiger partial charge in [-0.2, -0.15) is 0 Å². The number of anilines is 1. The Morgan fingerprint density at radius 1 is 1.05 bits per heavy atom. The Morgan fingerprint density at radius 2 is 1.59 bits per heavy atom. The average Bonchev–Trinajstić information content (AvgIpc) is 2.95. The van der Waals surface area contributed by atoms with Gasteiger partial charge in [0, 0.05) is 43.7 Å². The molecule has 3 rings (SSSR count). The molecule has 22 heavy (non-hydrogen) atoms. The second kappa shape index (κ2) is 5.49. The van der Waals surface area contributed by atoms with Crippen LogP contribution in [-0.2, 0) is 4.74 Å². The standard InChI is InChI=1S/C18H26N2O2/c1-13-5-7-16(8-6-13)19-9-14-11-20(12-15(14)10-19)17(21)22-18(2,3)4/h5-8,14-15H,9-12H2,1-4H3/t14-,15+. The summed E-state index contributed by atoms with van der Waals surface area (Å²) >= 11 is 0. The van der Waals surface area contributed by atoms with Gasteiger partial charge in [0.2, 0.25) is 0 Å². The number of carbonyl (C=O) groups is 1. The number of nitrogens with zero attached hydrogens (tertiary/aromatic N) is 2. The van der Waals surface area contributed by atoms with Crippen molar-refractivity contribution in [3.63, 3.8) is 0 Å². The fourth-order valence-corrected chi connectivity index (χ4v) is 3.44. The SMILES string of the molecule is Cc1ccc(N2C[C@H]3CN(C(=O)OC(C)(C)C)C[C@H]3C2)cc1. The monoisotopic (exact) mass is 302 g/mol. The van der Waals surface area contributed by atoms with Crippen molar-refractivity contribution < 1.29 is 9.53 Å². The van der Waals surface area contributed by atoms with Crippen LogP contribution in [0, 0.1) is 18.8 Å². The van der Waals surface area contributed by atoms with Gasteiger partial charge in [-0.15, -0.1) is 0 Å². The molecule has 1 amide bonds. The zero-order valence-corrected chi connectivity index (χ0v) is 14.0. The molecule has 120 valence electrons. The van der Waals surface area contributed by atoms with Crippen molar-refractivity contribution in [3.8, 4) is 0 Å². The van der Waals surface area contributed by atoms with Crippen molar-refractivity contribution in [1.29, 1.82) is 0 Å². The van der Waals surface area contributed by atoms with E-state index in [4.69, 9.17) is 4.74 Å². The van der Waals surface area contributed by atoms with E-state index in [1.165, 1.54) is 11.3 Å². The number of benzene rings is 1. The number of likely N-dealkylation sites (tertiary alicyclic amines) is 1. The highest BCUT2D eigenvalue weighted by molar-refractivity contribution is 5.68. The Balaban J connectivity index is 1.58. The molecule has 0 aromatic heterocycles. The van der Waals surface area contributed by atoms with Crippen LogP contribution in [0.4, 0.5) is 10.5 Å². The van der Waals surface area contributed by atoms with Gasteiger partial charge < -0.3 is 14.5 Å². The van der Waals surface area contributed by atoms with E-state index < -0.39 is 5.60 Å². The van der Waals surface area contributed by atoms with Crippen molar-refractivity contribution in [3.05, 3.63) is 29.8 Å². The zero-order valence-electron chi connectivity index (χ0n) is 14.0. The third kappa shape index (κ3) is 3.21. The van der Waals surface area contributed by atoms with Crippen molar-refractivity contribution in [2.45, 2.75) is 33.3 Å². The molecular weight excluding hydrogens is 276 g/mol. The normalized spacial score (nSPS) is 24.5. The minimum absolute atomic E-state index is 0.163. The molecule has 2 atom stereocenters. The van der Waals surface area contributed by atoms with E-state index in [1.807, 2.05) is 25.7 Å². The average molecular weight is 302 g/mol. The van der Waals surface area contributed by atoms with E-state index in [1.54, 1.807) is 0 Å². The van der Waals surface area contributed by atoms with Crippen molar-refractivity contribution in [2.24, 2.45) is 11.8 Å². The van der Waals surface area contributed by atoms with E-state index in [2.05, 4.69) is 36.1 Å². The second-order valence-electron chi connectivity index (χ2n) is 7.65. The Morgan fingerprint density at radius 3 is 2.09 bits per heavy atom. The third-order valence-electron chi connectivity index (χ3n) is 4.54. The third-order valence-corrected chi connectivity index (χ3v) is 4.54. The maximum absolute atomic E-state index is 12.2. The summed E-state index contributed by atoms with van der Waals surface area (Å²) in [5.41, 5.74) is 2.17. The molecule has 2 fully saturated rings. The molecule has 4 nitrogen and oxygen atoms in total. The predicted octanol–water partition coefficient (Wildman–Crippen LogP) is 3.30. The van der Waals surface area contributed by atoms with Gasteiger partial charge in [-0.05, 0) is 39.8 Å². The number of rotatable bonds is 1. The van der Waals surface area contributed by atoms with E-state index in [9.17, 15) is 4.79 Å². The lowest BCUT2D eigenvalue weighted by Crippen LogP contribution is -2.37. The Bertz CT molecular complexity index is 533. The number of ether oxygens (including phenoxy) is 1. The maximum Gasteiger partial charge on any atom is 0.410 e. The van der Waals surface area contributed by atoms with Crippen molar-refractivity contribution in [2.75, 3.05) is 31.1 Å². The number of hydrogen-bond acceptors (Lipinski definition) is 3. The number of amides is 1. The van der Waals surface area contributed by atoms with Gasteiger partial charge in [0.25, 0.3) is 0 Å². The minimum Gasteiger partial charge on any atom is -0.444 e. The molecule has 0 aliphatic carbocycles. The quantitative estimate of drug-likeness (QED) is 0.798. The Hall–Kier alpha value is -1.71. The summed E-state index contributed by atoms with van der Waals surface area (Å²) in [7, 11) is 0. The fraction of sp³-hybridized carbons (Fsp3) is 0.611. The van der Waals surface area contributed by atoms with E-state index >= 15 is 0 Å². The first-order valence-corrected chi connectivity index (χ1v) is 8.11. The predicted molar refractivity (Wildman–Crippen MR) is 88.2 cm³/mol. The highest BCUT2D eigenvalue weighted by atomic mass is 16.6. The molecule has 0 unspecified atom stereocenters. The maximum atomic E-state index is 12.2. The summed E-state index contributed by atoms with van der Waals surface area (Å²) in [5.74, 6) is 1.13. The molecule has 4 heteroatoms. The first-order valence-electron chi connectivity index (χ1n) is 8.11. The molecule has 2 aliphatic heterocycles. The van der Waals surface area contributed by atoms with Crippen LogP contribution in [0.15, 0.2) is 24.3 Å². The van der Waals surface area contributed by atoms with Crippen LogP contribution in [0.3, 0.4) is 0 Å². The van der Waals surface area contributed by atoms with Gasteiger partial charge in [-0.25, -0.2) is 4.79 Å². The van der Waals surface area contributed by atoms with Crippen LogP contribution >= 0.6 is 0 Å². The van der Waals surface area contributed by atoms with Crippen LogP contribution in [0.5, 0.6) is 0 Å². The Labute approximate surface area is 133 Å². The van der Waals surface area contributed by atoms with Gasteiger partial charge >= 0.3 is 6.09 Å². The molecule has 2 heterocycles. The van der Waals surface area contributed by atoms with Gasteiger partial charge in [0.1, 0.15) is 5.60 Å². The van der Waals surface area contributed by atoms with Crippen LogP contribution in [-0.4, -0.2) is 42.8 Å². The smallest absolute Gasteiger partial charge is 0.410 e. The summed E-state index contributed by atoms with van der Waals surface area (Å²) in [4.78, 5) is 16.5. The minimum atomic E-state index is -0.414. The van der Waals surface area contributed by atoms with E-state index in [0.717, 1.165) is 26.2 Å². The lowest BCUT2D eigenvalue weighted by molar-refractivity contribution is 0.0282. The number of fused-ring (bicyclic) bond motifs is 1. The molecule has 0 saturated carbocycles. The van der Waals surface area contributed by atoms with Gasteiger partial charge in [-0.1, -0.05) is 17.7 Å². The van der Waals surface area contributed by atoms with Crippen LogP contribution in [0.2, 0.25) is 0 Å². The molecule has 2 saturated heterocycles. The first-order chi connectivity index (χ1) is 10.3. The molecule has 1 aromatic carbocycles. The largest absolute Gasteiger partial charge is 0.444 e. The van der Waals surface area contributed by atoms with Crippen LogP contribution in [0.1, 0.15) is 26.3 Å². The van der Waals surface area contributed by atoms with Crippen LogP contribution in [0.25, 0.3) is 0 Å². The number of hydrogen-bond donors (Lipinski definition) is 0. The van der Waals surface area contributed by atoms with Gasteiger partial charge in [-0.3, -0.25) is 0 Å². The molecule has 2 aliphatic rings. The first kappa shape index (κ1) is 15.2. The van der Waals surface area contributed by atoms with E-state index in [0.29, 0.717) is 11.8 Å². The molecule has 0 radical (unpaired) electrons. The number of aryl methyl sites for hydroxylation is 1.